The quantitative estimate of drug-likeness (QED) is 0.402. The lowest BCUT2D eigenvalue weighted by atomic mass is 9.88. The summed E-state index contributed by atoms with van der Waals surface area (Å²) >= 11 is 0. The topological polar surface area (TPSA) is 52.6 Å². The third-order valence-electron chi connectivity index (χ3n) is 2.39. The first-order chi connectivity index (χ1) is 7.17. The Morgan fingerprint density at radius 2 is 1.73 bits per heavy atom. The Morgan fingerprint density at radius 3 is 2.07 bits per heavy atom. The lowest BCUT2D eigenvalue weighted by molar-refractivity contribution is -0.167. The van der Waals surface area contributed by atoms with Crippen LogP contribution in [0, 0.1) is 5.41 Å². The van der Waals surface area contributed by atoms with Crippen LogP contribution in [0.5, 0.6) is 0 Å². The van der Waals surface area contributed by atoms with Crippen LogP contribution in [0.1, 0.15) is 26.7 Å². The Hall–Kier alpha value is -1.32. The van der Waals surface area contributed by atoms with E-state index >= 15 is 0 Å². The summed E-state index contributed by atoms with van der Waals surface area (Å²) in [5.41, 5.74) is -1.19. The molecule has 0 radical (unpaired) electrons. The van der Waals surface area contributed by atoms with Crippen LogP contribution in [0.15, 0.2) is 12.2 Å². The zero-order valence-electron chi connectivity index (χ0n) is 9.12. The van der Waals surface area contributed by atoms with E-state index in [4.69, 9.17) is 9.47 Å². The molecule has 0 unspecified atom stereocenters. The average molecular weight is 212 g/mol. The fraction of sp³-hybridized carbons (Fsp3) is 0.636. The van der Waals surface area contributed by atoms with Crippen molar-refractivity contribution in [1.29, 1.82) is 0 Å². The van der Waals surface area contributed by atoms with Crippen molar-refractivity contribution in [3.05, 3.63) is 12.2 Å². The number of hydrogen-bond donors (Lipinski definition) is 0. The Labute approximate surface area is 89.2 Å². The summed E-state index contributed by atoms with van der Waals surface area (Å²) in [5.74, 6) is -1.01. The van der Waals surface area contributed by atoms with Gasteiger partial charge in [0.15, 0.2) is 5.41 Å². The number of carbonyl (C=O) groups excluding carboxylic acids is 2. The van der Waals surface area contributed by atoms with Gasteiger partial charge in [-0.3, -0.25) is 9.59 Å². The van der Waals surface area contributed by atoms with Crippen LogP contribution in [0.2, 0.25) is 0 Å². The third kappa shape index (κ3) is 2.19. The Morgan fingerprint density at radius 1 is 1.20 bits per heavy atom. The number of esters is 2. The van der Waals surface area contributed by atoms with E-state index in [2.05, 4.69) is 0 Å². The highest BCUT2D eigenvalue weighted by molar-refractivity contribution is 6.02. The summed E-state index contributed by atoms with van der Waals surface area (Å²) in [7, 11) is 0. The van der Waals surface area contributed by atoms with Gasteiger partial charge in [0.1, 0.15) is 0 Å². The van der Waals surface area contributed by atoms with Gasteiger partial charge in [0, 0.05) is 0 Å². The summed E-state index contributed by atoms with van der Waals surface area (Å²) in [6.07, 6.45) is 4.57. The standard InChI is InChI=1S/C11H16O4/c1-3-14-9(12)11(7-5-6-8-11)10(13)15-4-2/h5,7H,3-4,6,8H2,1-2H3. The van der Waals surface area contributed by atoms with E-state index in [0.29, 0.717) is 12.8 Å². The Bertz CT molecular complexity index is 262. The monoisotopic (exact) mass is 212 g/mol. The van der Waals surface area contributed by atoms with Gasteiger partial charge in [-0.2, -0.15) is 0 Å². The summed E-state index contributed by atoms with van der Waals surface area (Å²) in [6.45, 7) is 3.98. The molecule has 0 aromatic rings. The van der Waals surface area contributed by atoms with E-state index in [-0.39, 0.29) is 13.2 Å². The lowest BCUT2D eigenvalue weighted by Crippen LogP contribution is -2.39. The molecule has 1 aliphatic rings. The van der Waals surface area contributed by atoms with E-state index in [1.165, 1.54) is 0 Å². The predicted octanol–water partition coefficient (Wildman–Crippen LogP) is 1.45. The van der Waals surface area contributed by atoms with Crippen molar-refractivity contribution in [2.75, 3.05) is 13.2 Å². The summed E-state index contributed by atoms with van der Waals surface area (Å²) in [6, 6.07) is 0. The molecule has 4 nitrogen and oxygen atoms in total. The second-order valence-corrected chi connectivity index (χ2v) is 3.35. The molecule has 0 aromatic carbocycles. The molecule has 4 heteroatoms. The molecular formula is C11H16O4. The molecular weight excluding hydrogens is 196 g/mol. The highest BCUT2D eigenvalue weighted by Gasteiger charge is 2.47. The van der Waals surface area contributed by atoms with Crippen LogP contribution < -0.4 is 0 Å². The molecule has 1 aliphatic carbocycles. The van der Waals surface area contributed by atoms with E-state index in [1.807, 2.05) is 6.08 Å². The second-order valence-electron chi connectivity index (χ2n) is 3.35. The molecule has 0 bridgehead atoms. The van der Waals surface area contributed by atoms with E-state index in [9.17, 15) is 9.59 Å². The van der Waals surface area contributed by atoms with Crippen molar-refractivity contribution in [2.45, 2.75) is 26.7 Å². The van der Waals surface area contributed by atoms with Crippen molar-refractivity contribution in [3.8, 4) is 0 Å². The van der Waals surface area contributed by atoms with Gasteiger partial charge >= 0.3 is 11.9 Å². The number of rotatable bonds is 4. The number of ether oxygens (including phenoxy) is 2. The molecule has 0 fully saturated rings. The molecule has 15 heavy (non-hydrogen) atoms. The predicted molar refractivity (Wildman–Crippen MR) is 54.1 cm³/mol. The fourth-order valence-electron chi connectivity index (χ4n) is 1.62. The molecule has 0 saturated heterocycles. The first kappa shape index (κ1) is 11.8. The molecule has 0 N–H and O–H groups in total. The Balaban J connectivity index is 2.83. The minimum absolute atomic E-state index is 0.272. The molecule has 0 aromatic heterocycles. The molecule has 0 aliphatic heterocycles. The van der Waals surface area contributed by atoms with Crippen LogP contribution in [-0.2, 0) is 19.1 Å². The molecule has 0 heterocycles. The normalized spacial score (nSPS) is 17.5. The van der Waals surface area contributed by atoms with Crippen LogP contribution in [0.4, 0.5) is 0 Å². The van der Waals surface area contributed by atoms with E-state index < -0.39 is 17.4 Å². The van der Waals surface area contributed by atoms with Gasteiger partial charge in [0.2, 0.25) is 0 Å². The van der Waals surface area contributed by atoms with Crippen LogP contribution in [0.3, 0.4) is 0 Å². The lowest BCUT2D eigenvalue weighted by Gasteiger charge is -2.22. The maximum atomic E-state index is 11.7. The molecule has 84 valence electrons. The minimum atomic E-state index is -1.19. The number of hydrogen-bond acceptors (Lipinski definition) is 4. The van der Waals surface area contributed by atoms with Gasteiger partial charge < -0.3 is 9.47 Å². The number of allylic oxidation sites excluding steroid dienone is 1. The Kier molecular flexibility index (Phi) is 3.88. The van der Waals surface area contributed by atoms with Crippen LogP contribution >= 0.6 is 0 Å². The van der Waals surface area contributed by atoms with E-state index in [1.54, 1.807) is 19.9 Å². The maximum absolute atomic E-state index is 11.7. The molecule has 0 spiro atoms. The zero-order chi connectivity index (χ0) is 11.3. The van der Waals surface area contributed by atoms with Crippen LogP contribution in [-0.4, -0.2) is 25.2 Å². The fourth-order valence-corrected chi connectivity index (χ4v) is 1.62. The van der Waals surface area contributed by atoms with E-state index in [0.717, 1.165) is 0 Å². The molecule has 0 saturated carbocycles. The minimum Gasteiger partial charge on any atom is -0.465 e. The first-order valence-electron chi connectivity index (χ1n) is 5.19. The van der Waals surface area contributed by atoms with Crippen molar-refractivity contribution in [2.24, 2.45) is 5.41 Å². The molecule has 0 atom stereocenters. The SMILES string of the molecule is CCOC(=O)C1(C(=O)OCC)C=CCC1. The van der Waals surface area contributed by atoms with Gasteiger partial charge in [-0.15, -0.1) is 0 Å². The van der Waals surface area contributed by atoms with Gasteiger partial charge in [-0.25, -0.2) is 0 Å². The molecule has 0 amide bonds. The maximum Gasteiger partial charge on any atom is 0.327 e. The highest BCUT2D eigenvalue weighted by Crippen LogP contribution is 2.34. The van der Waals surface area contributed by atoms with Crippen molar-refractivity contribution >= 4 is 11.9 Å². The third-order valence-corrected chi connectivity index (χ3v) is 2.39. The zero-order valence-corrected chi connectivity index (χ0v) is 9.12. The first-order valence-corrected chi connectivity index (χ1v) is 5.19. The van der Waals surface area contributed by atoms with Gasteiger partial charge in [-0.1, -0.05) is 12.2 Å². The molecule has 1 rings (SSSR count). The summed E-state index contributed by atoms with van der Waals surface area (Å²) in [5, 5.41) is 0. The van der Waals surface area contributed by atoms with Gasteiger partial charge in [0.05, 0.1) is 13.2 Å². The summed E-state index contributed by atoms with van der Waals surface area (Å²) in [4.78, 5) is 23.4. The average Bonchev–Trinajstić information content (AvgIpc) is 2.68. The highest BCUT2D eigenvalue weighted by atomic mass is 16.6. The van der Waals surface area contributed by atoms with Gasteiger partial charge in [-0.05, 0) is 26.7 Å². The smallest absolute Gasteiger partial charge is 0.327 e. The number of carbonyl (C=O) groups is 2. The van der Waals surface area contributed by atoms with Crippen molar-refractivity contribution in [3.63, 3.8) is 0 Å². The van der Waals surface area contributed by atoms with Crippen LogP contribution in [0.25, 0.3) is 0 Å². The second kappa shape index (κ2) is 4.96. The largest absolute Gasteiger partial charge is 0.465 e. The van der Waals surface area contributed by atoms with Crippen molar-refractivity contribution < 1.29 is 19.1 Å². The van der Waals surface area contributed by atoms with Gasteiger partial charge in [0.25, 0.3) is 0 Å². The summed E-state index contributed by atoms with van der Waals surface area (Å²) < 4.78 is 9.81. The van der Waals surface area contributed by atoms with Crippen molar-refractivity contribution in [1.82, 2.24) is 0 Å².